The molecule has 0 aliphatic carbocycles. The van der Waals surface area contributed by atoms with E-state index in [2.05, 4.69) is 5.32 Å². The number of benzene rings is 3. The fourth-order valence-electron chi connectivity index (χ4n) is 5.48. The minimum atomic E-state index is -5.19. The number of alkyl halides is 3. The van der Waals surface area contributed by atoms with Gasteiger partial charge in [0.15, 0.2) is 12.1 Å². The van der Waals surface area contributed by atoms with Gasteiger partial charge in [0.1, 0.15) is 19.1 Å². The number of carbonyl (C=O) groups is 3. The van der Waals surface area contributed by atoms with Crippen LogP contribution in [0.2, 0.25) is 10.0 Å². The largest absolute Gasteiger partial charge is 0.542 e. The number of fused-ring (bicyclic) bond motifs is 3. The third kappa shape index (κ3) is 8.49. The molecule has 3 aromatic carbocycles. The van der Waals surface area contributed by atoms with Gasteiger partial charge in [-0.1, -0.05) is 71.7 Å². The molecule has 3 aromatic rings. The van der Waals surface area contributed by atoms with Gasteiger partial charge in [-0.05, 0) is 35.9 Å². The van der Waals surface area contributed by atoms with Gasteiger partial charge in [-0.3, -0.25) is 4.79 Å². The summed E-state index contributed by atoms with van der Waals surface area (Å²) in [6.07, 6.45) is -3.53. The highest BCUT2D eigenvalue weighted by atomic mass is 35.5. The van der Waals surface area contributed by atoms with E-state index in [1.165, 1.54) is 0 Å². The van der Waals surface area contributed by atoms with Crippen LogP contribution in [0.3, 0.4) is 0 Å². The number of aliphatic carboxylic acids is 1. The zero-order chi connectivity index (χ0) is 31.2. The van der Waals surface area contributed by atoms with Crippen LogP contribution in [0.5, 0.6) is 0 Å². The number of carboxylic acid groups (broad SMARTS) is 1. The molecule has 0 saturated carbocycles. The molecule has 0 radical (unpaired) electrons. The molecule has 228 valence electrons. The lowest BCUT2D eigenvalue weighted by Crippen LogP contribution is -2.65. The minimum absolute atomic E-state index is 0.0342. The molecule has 43 heavy (non-hydrogen) atoms. The molecule has 1 N–H and O–H groups in total. The van der Waals surface area contributed by atoms with Crippen LogP contribution in [-0.4, -0.2) is 60.7 Å². The monoisotopic (exact) mass is 636 g/mol. The van der Waals surface area contributed by atoms with Crippen LogP contribution < -0.4 is 10.4 Å². The molecular weight excluding hydrogens is 608 g/mol. The number of para-hydroxylation sites is 1. The van der Waals surface area contributed by atoms with E-state index in [1.807, 2.05) is 60.7 Å². The van der Waals surface area contributed by atoms with Crippen molar-refractivity contribution in [3.05, 3.63) is 100 Å². The maximum absolute atomic E-state index is 13.5. The summed E-state index contributed by atoms with van der Waals surface area (Å²) in [5, 5.41) is 12.9. The third-order valence-electron chi connectivity index (χ3n) is 7.71. The van der Waals surface area contributed by atoms with Crippen LogP contribution in [-0.2, 0) is 14.3 Å². The number of anilines is 1. The highest BCUT2D eigenvalue weighted by Crippen LogP contribution is 2.37. The molecule has 3 aliphatic heterocycles. The van der Waals surface area contributed by atoms with Crippen molar-refractivity contribution in [2.75, 3.05) is 31.5 Å². The number of ether oxygens (including phenoxy) is 1. The Labute approximate surface area is 256 Å². The number of hydrogen-bond donors (Lipinski definition) is 1. The molecule has 3 aliphatic rings. The molecular formula is C31H29Cl2F3N2O5. The maximum Gasteiger partial charge on any atom is 0.430 e. The van der Waals surface area contributed by atoms with Crippen molar-refractivity contribution in [3.8, 4) is 0 Å². The molecule has 2 bridgehead atoms. The predicted octanol–water partition coefficient (Wildman–Crippen LogP) is 5.48. The van der Waals surface area contributed by atoms with Gasteiger partial charge in [-0.15, -0.1) is 0 Å². The number of nitrogens with one attached hydrogen (secondary N) is 1. The summed E-state index contributed by atoms with van der Waals surface area (Å²) in [4.78, 5) is 35.5. The molecule has 3 fully saturated rings. The summed E-state index contributed by atoms with van der Waals surface area (Å²) >= 11 is 12.2. The van der Waals surface area contributed by atoms with E-state index in [1.54, 1.807) is 18.2 Å². The number of esters is 1. The molecule has 3 heterocycles. The number of carboxylic acids is 1. The van der Waals surface area contributed by atoms with E-state index < -0.39 is 18.2 Å². The number of Topliss-reactive ketones (excluding diaryl/α,β-unsaturated/α-hetero) is 1. The third-order valence-corrected chi connectivity index (χ3v) is 8.45. The highest BCUT2D eigenvalue weighted by Gasteiger charge is 2.49. The van der Waals surface area contributed by atoms with Gasteiger partial charge >= 0.3 is 12.1 Å². The molecule has 0 amide bonds. The van der Waals surface area contributed by atoms with Crippen molar-refractivity contribution in [1.29, 1.82) is 0 Å². The summed E-state index contributed by atoms with van der Waals surface area (Å²) in [6.45, 7) is 2.84. The Kier molecular flexibility index (Phi) is 10.4. The number of quaternary nitrogens is 1. The van der Waals surface area contributed by atoms with Crippen LogP contribution in [0.4, 0.5) is 18.9 Å². The predicted molar refractivity (Wildman–Crippen MR) is 153 cm³/mol. The fourth-order valence-corrected chi connectivity index (χ4v) is 5.78. The number of nitrogens with zero attached hydrogens (tertiary/aromatic N) is 1. The van der Waals surface area contributed by atoms with Gasteiger partial charge in [-0.2, -0.15) is 13.2 Å². The maximum atomic E-state index is 13.5. The van der Waals surface area contributed by atoms with Crippen LogP contribution in [0.25, 0.3) is 0 Å². The van der Waals surface area contributed by atoms with Crippen LogP contribution in [0.15, 0.2) is 78.9 Å². The molecule has 7 nitrogen and oxygen atoms in total. The standard InChI is InChI=1S/C29H29Cl2N2O3.C2HF3O2/c30-24-12-11-22(17-25(24)31)26(34)18-33-15-13-20(14-16-33)27(19-33)36-29(35)28(21-7-3-1-4-8-21)32-23-9-5-2-6-10-23;3-2(4,5)1(6)7/h1-12,17,20,27-28,32H,13-16,18-19H2;(H,6,7)/q+1;/p-1. The normalized spacial score (nSPS) is 21.6. The van der Waals surface area contributed by atoms with Gasteiger partial charge in [0.05, 0.1) is 23.1 Å². The summed E-state index contributed by atoms with van der Waals surface area (Å²) in [5.41, 5.74) is 2.27. The summed E-state index contributed by atoms with van der Waals surface area (Å²) < 4.78 is 38.4. The van der Waals surface area contributed by atoms with Gasteiger partial charge in [0.2, 0.25) is 5.78 Å². The molecule has 2 unspecified atom stereocenters. The van der Waals surface area contributed by atoms with Crippen LogP contribution in [0, 0.1) is 5.92 Å². The Hall–Kier alpha value is -3.60. The smallest absolute Gasteiger partial charge is 0.430 e. The van der Waals surface area contributed by atoms with E-state index in [4.69, 9.17) is 37.8 Å². The van der Waals surface area contributed by atoms with E-state index in [0.717, 1.165) is 37.2 Å². The number of ketones is 1. The number of rotatable bonds is 8. The van der Waals surface area contributed by atoms with Gasteiger partial charge in [-0.25, -0.2) is 4.79 Å². The molecule has 0 spiro atoms. The van der Waals surface area contributed by atoms with E-state index in [-0.39, 0.29) is 17.9 Å². The summed E-state index contributed by atoms with van der Waals surface area (Å²) in [6, 6.07) is 23.7. The van der Waals surface area contributed by atoms with Gasteiger partial charge < -0.3 is 24.4 Å². The van der Waals surface area contributed by atoms with Crippen molar-refractivity contribution in [3.63, 3.8) is 0 Å². The lowest BCUT2D eigenvalue weighted by molar-refractivity contribution is -0.938. The lowest BCUT2D eigenvalue weighted by Gasteiger charge is -2.51. The zero-order valence-electron chi connectivity index (χ0n) is 22.9. The second-order valence-corrected chi connectivity index (χ2v) is 11.4. The average molecular weight is 637 g/mol. The van der Waals surface area contributed by atoms with E-state index in [0.29, 0.717) is 39.1 Å². The van der Waals surface area contributed by atoms with Crippen molar-refractivity contribution < 1.29 is 41.9 Å². The van der Waals surface area contributed by atoms with Crippen molar-refractivity contribution in [2.24, 2.45) is 5.92 Å². The van der Waals surface area contributed by atoms with Crippen molar-refractivity contribution in [1.82, 2.24) is 0 Å². The first-order chi connectivity index (χ1) is 20.4. The Morgan fingerprint density at radius 1 is 0.930 bits per heavy atom. The van der Waals surface area contributed by atoms with Crippen LogP contribution in [0.1, 0.15) is 34.8 Å². The molecule has 2 atom stereocenters. The quantitative estimate of drug-likeness (QED) is 0.200. The first kappa shape index (κ1) is 32.3. The second-order valence-electron chi connectivity index (χ2n) is 10.6. The Morgan fingerprint density at radius 3 is 2.07 bits per heavy atom. The zero-order valence-corrected chi connectivity index (χ0v) is 24.4. The minimum Gasteiger partial charge on any atom is -0.542 e. The molecule has 0 aromatic heterocycles. The van der Waals surface area contributed by atoms with Crippen molar-refractivity contribution in [2.45, 2.75) is 31.2 Å². The summed E-state index contributed by atoms with van der Waals surface area (Å²) in [7, 11) is 0. The molecule has 12 heteroatoms. The first-order valence-corrected chi connectivity index (χ1v) is 14.3. The molecule has 3 saturated heterocycles. The highest BCUT2D eigenvalue weighted by molar-refractivity contribution is 6.42. The number of hydrogen-bond acceptors (Lipinski definition) is 6. The number of piperidine rings is 3. The average Bonchev–Trinajstić information content (AvgIpc) is 2.98. The Morgan fingerprint density at radius 2 is 1.51 bits per heavy atom. The molecule has 6 rings (SSSR count). The lowest BCUT2D eigenvalue weighted by atomic mass is 9.82. The van der Waals surface area contributed by atoms with E-state index >= 15 is 0 Å². The van der Waals surface area contributed by atoms with Gasteiger partial charge in [0, 0.05) is 30.0 Å². The fraction of sp³-hybridized carbons (Fsp3) is 0.323. The Bertz CT molecular complexity index is 1430. The first-order valence-electron chi connectivity index (χ1n) is 13.6. The van der Waals surface area contributed by atoms with Crippen LogP contribution >= 0.6 is 23.2 Å². The Balaban J connectivity index is 0.000000541. The number of carbonyl (C=O) groups excluding carboxylic acids is 3. The summed E-state index contributed by atoms with van der Waals surface area (Å²) in [5.74, 6) is -2.95. The second kappa shape index (κ2) is 13.8. The van der Waals surface area contributed by atoms with Gasteiger partial charge in [0.25, 0.3) is 0 Å². The van der Waals surface area contributed by atoms with E-state index in [9.17, 15) is 22.8 Å². The topological polar surface area (TPSA) is 95.5 Å². The SMILES string of the molecule is O=C(C[N+]12CCC(CC1)C(OC(=O)C(Nc1ccccc1)c1ccccc1)C2)c1ccc(Cl)c(Cl)c1.O=C([O-])C(F)(F)F. The number of halogens is 5. The van der Waals surface area contributed by atoms with Crippen molar-refractivity contribution >= 4 is 46.6 Å².